The highest BCUT2D eigenvalue weighted by Crippen LogP contribution is 2.16. The predicted molar refractivity (Wildman–Crippen MR) is 73.7 cm³/mol. The van der Waals surface area contributed by atoms with E-state index in [2.05, 4.69) is 17.2 Å². The Morgan fingerprint density at radius 3 is 3.11 bits per heavy atom. The molecule has 0 bridgehead atoms. The van der Waals surface area contributed by atoms with Gasteiger partial charge in [-0.05, 0) is 12.7 Å². The van der Waals surface area contributed by atoms with Crippen molar-refractivity contribution in [3.8, 4) is 0 Å². The van der Waals surface area contributed by atoms with Crippen molar-refractivity contribution in [1.29, 1.82) is 0 Å². The fraction of sp³-hybridized carbons (Fsp3) is 0.667. The topological polar surface area (TPSA) is 81.1 Å². The molecule has 0 aliphatic carbocycles. The summed E-state index contributed by atoms with van der Waals surface area (Å²) in [6.45, 7) is 2.73. The molecule has 3 N–H and O–H groups in total. The number of hydrogen-bond donors (Lipinski definition) is 2. The normalized spacial score (nSPS) is 12.4. The summed E-state index contributed by atoms with van der Waals surface area (Å²) in [4.78, 5) is 15.8. The second-order valence-electron chi connectivity index (χ2n) is 4.07. The lowest BCUT2D eigenvalue weighted by atomic mass is 10.1. The molecule has 0 saturated carbocycles. The molecule has 0 aliphatic rings. The number of rotatable bonds is 8. The molecule has 1 rings (SSSR count). The van der Waals surface area contributed by atoms with Gasteiger partial charge in [-0.3, -0.25) is 4.79 Å². The third kappa shape index (κ3) is 4.70. The lowest BCUT2D eigenvalue weighted by Gasteiger charge is -2.05. The number of unbranched alkanes of at least 4 members (excludes halogenated alkanes) is 1. The fourth-order valence-corrected chi connectivity index (χ4v) is 1.77. The third-order valence-electron chi connectivity index (χ3n) is 2.53. The van der Waals surface area contributed by atoms with Gasteiger partial charge in [0.1, 0.15) is 6.26 Å². The van der Waals surface area contributed by atoms with Gasteiger partial charge in [-0.25, -0.2) is 4.98 Å². The van der Waals surface area contributed by atoms with Crippen molar-refractivity contribution in [1.82, 2.24) is 10.3 Å². The van der Waals surface area contributed by atoms with E-state index in [0.29, 0.717) is 18.1 Å². The molecule has 1 unspecified atom stereocenters. The SMILES string of the molecule is CCCCC(N)c1nc(C(=O)NCCSC)co1. The van der Waals surface area contributed by atoms with Crippen LogP contribution in [0, 0.1) is 0 Å². The van der Waals surface area contributed by atoms with Crippen LogP contribution in [0.15, 0.2) is 10.7 Å². The van der Waals surface area contributed by atoms with Crippen LogP contribution in [0.25, 0.3) is 0 Å². The Hall–Kier alpha value is -1.01. The van der Waals surface area contributed by atoms with Gasteiger partial charge in [-0.1, -0.05) is 19.8 Å². The van der Waals surface area contributed by atoms with Gasteiger partial charge in [-0.15, -0.1) is 0 Å². The van der Waals surface area contributed by atoms with E-state index in [4.69, 9.17) is 10.2 Å². The summed E-state index contributed by atoms with van der Waals surface area (Å²) < 4.78 is 5.25. The Kier molecular flexibility index (Phi) is 6.82. The zero-order valence-electron chi connectivity index (χ0n) is 10.9. The van der Waals surface area contributed by atoms with E-state index in [-0.39, 0.29) is 11.9 Å². The maximum Gasteiger partial charge on any atom is 0.273 e. The molecular formula is C12H21N3O2S. The highest BCUT2D eigenvalue weighted by molar-refractivity contribution is 7.98. The summed E-state index contributed by atoms with van der Waals surface area (Å²) in [5.74, 6) is 1.12. The first-order valence-corrected chi connectivity index (χ1v) is 7.56. The highest BCUT2D eigenvalue weighted by Gasteiger charge is 2.16. The van der Waals surface area contributed by atoms with Crippen molar-refractivity contribution in [2.45, 2.75) is 32.2 Å². The number of nitrogens with one attached hydrogen (secondary N) is 1. The molecule has 5 nitrogen and oxygen atoms in total. The van der Waals surface area contributed by atoms with Gasteiger partial charge in [0.05, 0.1) is 6.04 Å². The van der Waals surface area contributed by atoms with Crippen molar-refractivity contribution in [2.75, 3.05) is 18.6 Å². The lowest BCUT2D eigenvalue weighted by Crippen LogP contribution is -2.26. The van der Waals surface area contributed by atoms with Crippen molar-refractivity contribution >= 4 is 17.7 Å². The first-order valence-electron chi connectivity index (χ1n) is 6.17. The molecule has 18 heavy (non-hydrogen) atoms. The zero-order chi connectivity index (χ0) is 13.4. The number of amides is 1. The molecule has 6 heteroatoms. The van der Waals surface area contributed by atoms with Gasteiger partial charge in [0.2, 0.25) is 5.89 Å². The van der Waals surface area contributed by atoms with Crippen molar-refractivity contribution in [2.24, 2.45) is 5.73 Å². The third-order valence-corrected chi connectivity index (χ3v) is 3.14. The number of oxazole rings is 1. The lowest BCUT2D eigenvalue weighted by molar-refractivity contribution is 0.0951. The van der Waals surface area contributed by atoms with Crippen LogP contribution in [0.3, 0.4) is 0 Å². The number of carbonyl (C=O) groups excluding carboxylic acids is 1. The summed E-state index contributed by atoms with van der Waals surface area (Å²) in [5.41, 5.74) is 6.23. The summed E-state index contributed by atoms with van der Waals surface area (Å²) in [7, 11) is 0. The maximum atomic E-state index is 11.7. The molecule has 1 atom stereocenters. The van der Waals surface area contributed by atoms with Crippen LogP contribution in [0.5, 0.6) is 0 Å². The minimum Gasteiger partial charge on any atom is -0.446 e. The van der Waals surface area contributed by atoms with Crippen LogP contribution < -0.4 is 11.1 Å². The number of carbonyl (C=O) groups is 1. The molecule has 0 aromatic carbocycles. The van der Waals surface area contributed by atoms with Gasteiger partial charge in [-0.2, -0.15) is 11.8 Å². The minimum absolute atomic E-state index is 0.207. The van der Waals surface area contributed by atoms with E-state index in [9.17, 15) is 4.79 Å². The van der Waals surface area contributed by atoms with E-state index >= 15 is 0 Å². The highest BCUT2D eigenvalue weighted by atomic mass is 32.2. The van der Waals surface area contributed by atoms with Crippen LogP contribution in [0.2, 0.25) is 0 Å². The summed E-state index contributed by atoms with van der Waals surface area (Å²) in [5, 5.41) is 2.77. The van der Waals surface area contributed by atoms with E-state index in [1.54, 1.807) is 11.8 Å². The number of thioether (sulfide) groups is 1. The first-order chi connectivity index (χ1) is 8.69. The van der Waals surface area contributed by atoms with Gasteiger partial charge in [0.25, 0.3) is 5.91 Å². The molecule has 0 spiro atoms. The summed E-state index contributed by atoms with van der Waals surface area (Å²) in [6, 6.07) is -0.224. The van der Waals surface area contributed by atoms with E-state index in [0.717, 1.165) is 25.0 Å². The Bertz CT molecular complexity index is 368. The second-order valence-corrected chi connectivity index (χ2v) is 5.05. The van der Waals surface area contributed by atoms with Gasteiger partial charge >= 0.3 is 0 Å². The van der Waals surface area contributed by atoms with E-state index in [1.807, 2.05) is 6.26 Å². The predicted octanol–water partition coefficient (Wildman–Crippen LogP) is 1.96. The molecule has 1 aromatic heterocycles. The zero-order valence-corrected chi connectivity index (χ0v) is 11.8. The van der Waals surface area contributed by atoms with Crippen LogP contribution in [0.4, 0.5) is 0 Å². The molecule has 0 fully saturated rings. The van der Waals surface area contributed by atoms with Crippen LogP contribution in [-0.4, -0.2) is 29.4 Å². The smallest absolute Gasteiger partial charge is 0.273 e. The molecule has 102 valence electrons. The second kappa shape index (κ2) is 8.16. The van der Waals surface area contributed by atoms with Crippen molar-refractivity contribution in [3.05, 3.63) is 17.8 Å². The van der Waals surface area contributed by atoms with Gasteiger partial charge in [0.15, 0.2) is 5.69 Å². The van der Waals surface area contributed by atoms with Gasteiger partial charge < -0.3 is 15.5 Å². The molecule has 0 radical (unpaired) electrons. The van der Waals surface area contributed by atoms with E-state index in [1.165, 1.54) is 6.26 Å². The summed E-state index contributed by atoms with van der Waals surface area (Å²) in [6.07, 6.45) is 6.29. The van der Waals surface area contributed by atoms with Crippen LogP contribution >= 0.6 is 11.8 Å². The quantitative estimate of drug-likeness (QED) is 0.706. The molecule has 0 aliphatic heterocycles. The Morgan fingerprint density at radius 2 is 2.44 bits per heavy atom. The Balaban J connectivity index is 2.48. The number of aromatic nitrogens is 1. The van der Waals surface area contributed by atoms with Gasteiger partial charge in [0, 0.05) is 12.3 Å². The van der Waals surface area contributed by atoms with Crippen LogP contribution in [-0.2, 0) is 0 Å². The number of nitrogens with two attached hydrogens (primary N) is 1. The molecule has 1 heterocycles. The van der Waals surface area contributed by atoms with Crippen LogP contribution in [0.1, 0.15) is 48.6 Å². The minimum atomic E-state index is -0.224. The monoisotopic (exact) mass is 271 g/mol. The Labute approximate surface area is 112 Å². The largest absolute Gasteiger partial charge is 0.446 e. The number of hydrogen-bond acceptors (Lipinski definition) is 5. The van der Waals surface area contributed by atoms with Crippen molar-refractivity contribution in [3.63, 3.8) is 0 Å². The van der Waals surface area contributed by atoms with Crippen molar-refractivity contribution < 1.29 is 9.21 Å². The molecule has 1 amide bonds. The maximum absolute atomic E-state index is 11.7. The standard InChI is InChI=1S/C12H21N3O2S/c1-3-4-5-9(13)12-15-10(8-17-12)11(16)14-6-7-18-2/h8-9H,3-7,13H2,1-2H3,(H,14,16). The van der Waals surface area contributed by atoms with E-state index < -0.39 is 0 Å². The number of nitrogens with zero attached hydrogens (tertiary/aromatic N) is 1. The fourth-order valence-electron chi connectivity index (χ4n) is 1.47. The molecular weight excluding hydrogens is 250 g/mol. The Morgan fingerprint density at radius 1 is 1.67 bits per heavy atom. The average molecular weight is 271 g/mol. The summed E-state index contributed by atoms with van der Waals surface area (Å²) >= 11 is 1.68. The first kappa shape index (κ1) is 15.0. The molecule has 0 saturated heterocycles. The average Bonchev–Trinajstić information content (AvgIpc) is 2.85. The molecule has 1 aromatic rings.